The van der Waals surface area contributed by atoms with E-state index in [-0.39, 0.29) is 12.5 Å². The van der Waals surface area contributed by atoms with E-state index in [1.54, 1.807) is 0 Å². The van der Waals surface area contributed by atoms with Crippen molar-refractivity contribution < 1.29 is 14.6 Å². The number of carbonyl (C=O) groups is 1. The van der Waals surface area contributed by atoms with Crippen LogP contribution in [0.1, 0.15) is 38.2 Å². The molecule has 0 bridgehead atoms. The maximum absolute atomic E-state index is 11.8. The Hall–Kier alpha value is -1.55. The van der Waals surface area contributed by atoms with Crippen molar-refractivity contribution in [1.82, 2.24) is 5.32 Å². The highest BCUT2D eigenvalue weighted by molar-refractivity contribution is 5.77. The lowest BCUT2D eigenvalue weighted by Crippen LogP contribution is -2.42. The topological polar surface area (TPSA) is 58.6 Å². The maximum Gasteiger partial charge on any atom is 0.258 e. The molecule has 0 aliphatic heterocycles. The number of aliphatic hydroxyl groups is 1. The Morgan fingerprint density at radius 3 is 2.75 bits per heavy atom. The minimum Gasteiger partial charge on any atom is -0.483 e. The average Bonchev–Trinajstić information content (AvgIpc) is 2.90. The lowest BCUT2D eigenvalue weighted by Gasteiger charge is -2.22. The third-order valence-electron chi connectivity index (χ3n) is 3.86. The van der Waals surface area contributed by atoms with Crippen molar-refractivity contribution in [2.24, 2.45) is 0 Å². The van der Waals surface area contributed by atoms with Gasteiger partial charge in [0.2, 0.25) is 0 Å². The molecule has 0 radical (unpaired) electrons. The van der Waals surface area contributed by atoms with E-state index in [1.807, 2.05) is 24.3 Å². The zero-order valence-electron chi connectivity index (χ0n) is 12.0. The summed E-state index contributed by atoms with van der Waals surface area (Å²) in [7, 11) is 0. The Bertz CT molecular complexity index is 453. The third kappa shape index (κ3) is 3.97. The van der Waals surface area contributed by atoms with Gasteiger partial charge >= 0.3 is 0 Å². The summed E-state index contributed by atoms with van der Waals surface area (Å²) in [6.07, 6.45) is 4.48. The van der Waals surface area contributed by atoms with E-state index in [4.69, 9.17) is 4.74 Å². The number of hydrogen-bond acceptors (Lipinski definition) is 3. The van der Waals surface area contributed by atoms with Gasteiger partial charge in [0, 0.05) is 6.54 Å². The second-order valence-electron chi connectivity index (χ2n) is 5.46. The zero-order chi connectivity index (χ0) is 14.4. The first-order chi connectivity index (χ1) is 9.63. The average molecular weight is 277 g/mol. The van der Waals surface area contributed by atoms with Gasteiger partial charge in [0.15, 0.2) is 6.61 Å². The molecule has 2 N–H and O–H groups in total. The van der Waals surface area contributed by atoms with Gasteiger partial charge in [-0.25, -0.2) is 0 Å². The molecule has 1 aliphatic rings. The molecular formula is C16H23NO3. The fourth-order valence-electron chi connectivity index (χ4n) is 2.60. The molecule has 1 saturated carbocycles. The van der Waals surface area contributed by atoms with E-state index in [2.05, 4.69) is 12.2 Å². The molecule has 0 heterocycles. The molecule has 20 heavy (non-hydrogen) atoms. The van der Waals surface area contributed by atoms with Crippen LogP contribution in [0.15, 0.2) is 24.3 Å². The fourth-order valence-corrected chi connectivity index (χ4v) is 2.60. The SMILES string of the molecule is CCc1ccccc1OCC(=O)NCC1(O)CCCC1. The van der Waals surface area contributed by atoms with Crippen LogP contribution in [0.2, 0.25) is 0 Å². The predicted molar refractivity (Wildman–Crippen MR) is 77.7 cm³/mol. The largest absolute Gasteiger partial charge is 0.483 e. The molecule has 1 aromatic carbocycles. The first-order valence-corrected chi connectivity index (χ1v) is 7.33. The first kappa shape index (κ1) is 14.9. The van der Waals surface area contributed by atoms with Gasteiger partial charge in [0.1, 0.15) is 5.75 Å². The number of rotatable bonds is 6. The number of para-hydroxylation sites is 1. The van der Waals surface area contributed by atoms with Crippen molar-refractivity contribution in [2.45, 2.75) is 44.6 Å². The predicted octanol–water partition coefficient (Wildman–Crippen LogP) is 2.05. The fraction of sp³-hybridized carbons (Fsp3) is 0.562. The quantitative estimate of drug-likeness (QED) is 0.836. The first-order valence-electron chi connectivity index (χ1n) is 7.33. The van der Waals surface area contributed by atoms with E-state index in [9.17, 15) is 9.90 Å². The molecule has 1 amide bonds. The van der Waals surface area contributed by atoms with E-state index < -0.39 is 5.60 Å². The molecule has 2 rings (SSSR count). The Morgan fingerprint density at radius 2 is 2.05 bits per heavy atom. The van der Waals surface area contributed by atoms with Crippen molar-refractivity contribution in [3.63, 3.8) is 0 Å². The maximum atomic E-state index is 11.8. The Morgan fingerprint density at radius 1 is 1.35 bits per heavy atom. The number of benzene rings is 1. The summed E-state index contributed by atoms with van der Waals surface area (Å²) in [4.78, 5) is 11.8. The molecule has 0 unspecified atom stereocenters. The minimum absolute atomic E-state index is 0.00685. The number of ether oxygens (including phenoxy) is 1. The van der Waals surface area contributed by atoms with Crippen LogP contribution < -0.4 is 10.1 Å². The summed E-state index contributed by atoms with van der Waals surface area (Å²) >= 11 is 0. The van der Waals surface area contributed by atoms with Crippen molar-refractivity contribution in [2.75, 3.05) is 13.2 Å². The highest BCUT2D eigenvalue weighted by atomic mass is 16.5. The van der Waals surface area contributed by atoms with Crippen LogP contribution in [0.4, 0.5) is 0 Å². The third-order valence-corrected chi connectivity index (χ3v) is 3.86. The van der Waals surface area contributed by atoms with Crippen molar-refractivity contribution >= 4 is 5.91 Å². The molecule has 0 spiro atoms. The second kappa shape index (κ2) is 6.75. The number of amides is 1. The number of hydrogen-bond donors (Lipinski definition) is 2. The van der Waals surface area contributed by atoms with Gasteiger partial charge in [-0.2, -0.15) is 0 Å². The Kier molecular flexibility index (Phi) is 5.01. The van der Waals surface area contributed by atoms with Gasteiger partial charge < -0.3 is 15.2 Å². The summed E-state index contributed by atoms with van der Waals surface area (Å²) in [5, 5.41) is 12.9. The molecule has 1 fully saturated rings. The van der Waals surface area contributed by atoms with Crippen molar-refractivity contribution in [1.29, 1.82) is 0 Å². The number of nitrogens with one attached hydrogen (secondary N) is 1. The number of carbonyl (C=O) groups excluding carboxylic acids is 1. The summed E-state index contributed by atoms with van der Waals surface area (Å²) in [5.74, 6) is 0.570. The van der Waals surface area contributed by atoms with Gasteiger partial charge in [0.25, 0.3) is 5.91 Å². The minimum atomic E-state index is -0.711. The zero-order valence-corrected chi connectivity index (χ0v) is 12.0. The monoisotopic (exact) mass is 277 g/mol. The summed E-state index contributed by atoms with van der Waals surface area (Å²) < 4.78 is 5.54. The molecular weight excluding hydrogens is 254 g/mol. The van der Waals surface area contributed by atoms with Crippen molar-refractivity contribution in [3.8, 4) is 5.75 Å². The lowest BCUT2D eigenvalue weighted by atomic mass is 10.0. The summed E-state index contributed by atoms with van der Waals surface area (Å²) in [6, 6.07) is 7.72. The van der Waals surface area contributed by atoms with Gasteiger partial charge in [-0.05, 0) is 30.9 Å². The molecule has 4 heteroatoms. The molecule has 0 atom stereocenters. The van der Waals surface area contributed by atoms with Crippen molar-refractivity contribution in [3.05, 3.63) is 29.8 Å². The highest BCUT2D eigenvalue weighted by Crippen LogP contribution is 2.28. The van der Waals surface area contributed by atoms with Crippen LogP contribution in [0.5, 0.6) is 5.75 Å². The van der Waals surface area contributed by atoms with E-state index in [1.165, 1.54) is 0 Å². The Balaban J connectivity index is 1.77. The van der Waals surface area contributed by atoms with Crippen LogP contribution in [0, 0.1) is 0 Å². The van der Waals surface area contributed by atoms with Gasteiger partial charge in [-0.1, -0.05) is 38.0 Å². The molecule has 4 nitrogen and oxygen atoms in total. The Labute approximate surface area is 120 Å². The van der Waals surface area contributed by atoms with Crippen LogP contribution in [-0.2, 0) is 11.2 Å². The smallest absolute Gasteiger partial charge is 0.258 e. The van der Waals surface area contributed by atoms with Crippen LogP contribution in [0.3, 0.4) is 0 Å². The van der Waals surface area contributed by atoms with Crippen LogP contribution >= 0.6 is 0 Å². The lowest BCUT2D eigenvalue weighted by molar-refractivity contribution is -0.124. The van der Waals surface area contributed by atoms with Gasteiger partial charge in [0.05, 0.1) is 5.60 Å². The highest BCUT2D eigenvalue weighted by Gasteiger charge is 2.31. The van der Waals surface area contributed by atoms with Gasteiger partial charge in [-0.15, -0.1) is 0 Å². The summed E-state index contributed by atoms with van der Waals surface area (Å²) in [5.41, 5.74) is 0.381. The normalized spacial score (nSPS) is 16.9. The van der Waals surface area contributed by atoms with E-state index >= 15 is 0 Å². The molecule has 1 aliphatic carbocycles. The molecule has 110 valence electrons. The number of aryl methyl sites for hydroxylation is 1. The summed E-state index contributed by atoms with van der Waals surface area (Å²) in [6.45, 7) is 2.37. The second-order valence-corrected chi connectivity index (χ2v) is 5.46. The van der Waals surface area contributed by atoms with Crippen LogP contribution in [0.25, 0.3) is 0 Å². The molecule has 0 saturated heterocycles. The van der Waals surface area contributed by atoms with E-state index in [0.29, 0.717) is 6.54 Å². The van der Waals surface area contributed by atoms with Gasteiger partial charge in [-0.3, -0.25) is 4.79 Å². The van der Waals surface area contributed by atoms with Crippen LogP contribution in [-0.4, -0.2) is 29.8 Å². The molecule has 1 aromatic rings. The standard InChI is InChI=1S/C16H23NO3/c1-2-13-7-3-4-8-14(13)20-11-15(18)17-12-16(19)9-5-6-10-16/h3-4,7-8,19H,2,5-6,9-12H2,1H3,(H,17,18). The molecule has 0 aromatic heterocycles. The van der Waals surface area contributed by atoms with E-state index in [0.717, 1.165) is 43.4 Å².